The molecule has 8 heteroatoms. The van der Waals surface area contributed by atoms with Crippen LogP contribution in [0.2, 0.25) is 0 Å². The van der Waals surface area contributed by atoms with E-state index in [1.807, 2.05) is 53.4 Å². The molecule has 0 aliphatic carbocycles. The zero-order valence-electron chi connectivity index (χ0n) is 23.8. The van der Waals surface area contributed by atoms with E-state index in [-0.39, 0.29) is 11.8 Å². The van der Waals surface area contributed by atoms with E-state index < -0.39 is 5.97 Å². The molecule has 4 aromatic rings. The average molecular weight is 553 g/mol. The fourth-order valence-electron chi connectivity index (χ4n) is 5.51. The Bertz CT molecular complexity index is 1590. The van der Waals surface area contributed by atoms with Gasteiger partial charge in [-0.15, -0.1) is 0 Å². The van der Waals surface area contributed by atoms with E-state index in [0.717, 1.165) is 60.4 Å². The summed E-state index contributed by atoms with van der Waals surface area (Å²) in [7, 11) is 1.34. The Labute approximate surface area is 240 Å². The minimum atomic E-state index is -0.450. The standard InChI is InChI=1S/C33H36N4O4/c1-4-17-36(5-2)18-16-29(38)37-19-15-23-20-25(12-14-28(23)37)34-31(22-9-7-6-8-10-22)30-26-13-11-24(33(40)41-3)21-27(26)35-32(30)39/h6-14,20-21,35,39H,4-5,15-19H2,1-3H3. The molecule has 1 amide bonds. The number of aromatic hydroxyl groups is 1. The van der Waals surface area contributed by atoms with Crippen molar-refractivity contribution in [1.29, 1.82) is 0 Å². The van der Waals surface area contributed by atoms with Gasteiger partial charge in [-0.2, -0.15) is 0 Å². The highest BCUT2D eigenvalue weighted by Gasteiger charge is 2.25. The van der Waals surface area contributed by atoms with Crippen molar-refractivity contribution in [3.8, 4) is 5.88 Å². The van der Waals surface area contributed by atoms with Gasteiger partial charge in [-0.1, -0.05) is 50.2 Å². The van der Waals surface area contributed by atoms with Crippen LogP contribution in [0.5, 0.6) is 5.88 Å². The fourth-order valence-corrected chi connectivity index (χ4v) is 5.51. The van der Waals surface area contributed by atoms with Gasteiger partial charge in [0.05, 0.1) is 29.6 Å². The van der Waals surface area contributed by atoms with Gasteiger partial charge in [-0.3, -0.25) is 4.79 Å². The molecule has 0 atom stereocenters. The maximum atomic E-state index is 13.1. The lowest BCUT2D eigenvalue weighted by atomic mass is 10.00. The monoisotopic (exact) mass is 552 g/mol. The Hall–Kier alpha value is -4.43. The van der Waals surface area contributed by atoms with Crippen molar-refractivity contribution in [2.45, 2.75) is 33.1 Å². The maximum Gasteiger partial charge on any atom is 0.337 e. The maximum absolute atomic E-state index is 13.1. The van der Waals surface area contributed by atoms with Crippen molar-refractivity contribution >= 4 is 39.9 Å². The first kappa shape index (κ1) is 28.1. The number of benzene rings is 3. The smallest absolute Gasteiger partial charge is 0.337 e. The van der Waals surface area contributed by atoms with Gasteiger partial charge in [0.2, 0.25) is 5.91 Å². The number of hydrogen-bond acceptors (Lipinski definition) is 6. The second-order valence-corrected chi connectivity index (χ2v) is 10.2. The van der Waals surface area contributed by atoms with Crippen molar-refractivity contribution < 1.29 is 19.4 Å². The number of aromatic nitrogens is 1. The summed E-state index contributed by atoms with van der Waals surface area (Å²) < 4.78 is 4.85. The Kier molecular flexibility index (Phi) is 8.50. The molecular formula is C33H36N4O4. The minimum Gasteiger partial charge on any atom is -0.494 e. The minimum absolute atomic E-state index is 0.0354. The van der Waals surface area contributed by atoms with Gasteiger partial charge in [0.15, 0.2) is 5.88 Å². The zero-order chi connectivity index (χ0) is 28.9. The van der Waals surface area contributed by atoms with Crippen LogP contribution in [0, 0.1) is 0 Å². The Balaban J connectivity index is 1.48. The highest BCUT2D eigenvalue weighted by Crippen LogP contribution is 2.35. The van der Waals surface area contributed by atoms with Gasteiger partial charge < -0.3 is 24.6 Å². The van der Waals surface area contributed by atoms with Gasteiger partial charge in [-0.05, 0) is 61.8 Å². The van der Waals surface area contributed by atoms with Crippen molar-refractivity contribution in [2.75, 3.05) is 38.2 Å². The average Bonchev–Trinajstić information content (AvgIpc) is 3.57. The molecule has 1 aromatic heterocycles. The number of methoxy groups -OCH3 is 1. The number of nitrogens with zero attached hydrogens (tertiary/aromatic N) is 3. The van der Waals surface area contributed by atoms with Crippen LogP contribution in [0.4, 0.5) is 11.4 Å². The molecule has 0 spiro atoms. The quantitative estimate of drug-likeness (QED) is 0.190. The number of carbonyl (C=O) groups excluding carboxylic acids is 2. The number of carbonyl (C=O) groups is 2. The van der Waals surface area contributed by atoms with Gasteiger partial charge >= 0.3 is 5.97 Å². The second-order valence-electron chi connectivity index (χ2n) is 10.2. The summed E-state index contributed by atoms with van der Waals surface area (Å²) in [5.41, 5.74) is 5.73. The molecule has 0 fully saturated rings. The molecule has 2 heterocycles. The number of rotatable bonds is 10. The summed E-state index contributed by atoms with van der Waals surface area (Å²) in [6.07, 6.45) is 2.35. The number of amides is 1. The third-order valence-electron chi connectivity index (χ3n) is 7.61. The number of fused-ring (bicyclic) bond motifs is 2. The van der Waals surface area contributed by atoms with E-state index in [2.05, 4.69) is 23.7 Å². The van der Waals surface area contributed by atoms with Crippen molar-refractivity contribution in [3.05, 3.63) is 89.0 Å². The molecule has 2 N–H and O–H groups in total. The Morgan fingerprint density at radius 2 is 1.83 bits per heavy atom. The van der Waals surface area contributed by atoms with Gasteiger partial charge in [0, 0.05) is 41.7 Å². The summed E-state index contributed by atoms with van der Waals surface area (Å²) in [4.78, 5) is 37.4. The molecule has 5 rings (SSSR count). The number of aliphatic imine (C=N–C) groups is 1. The normalized spacial score (nSPS) is 13.2. The molecule has 1 aliphatic rings. The van der Waals surface area contributed by atoms with E-state index in [1.165, 1.54) is 7.11 Å². The molecule has 0 radical (unpaired) electrons. The fraction of sp³-hybridized carbons (Fsp3) is 0.303. The number of aromatic amines is 1. The summed E-state index contributed by atoms with van der Waals surface area (Å²) in [6.45, 7) is 7.68. The molecule has 0 saturated carbocycles. The Morgan fingerprint density at radius 1 is 1.02 bits per heavy atom. The topological polar surface area (TPSA) is 98.2 Å². The number of esters is 1. The van der Waals surface area contributed by atoms with Crippen LogP contribution < -0.4 is 4.90 Å². The molecule has 0 unspecified atom stereocenters. The number of anilines is 1. The molecule has 0 bridgehead atoms. The molecule has 3 aromatic carbocycles. The molecule has 0 saturated heterocycles. The number of ether oxygens (including phenoxy) is 1. The predicted molar refractivity (Wildman–Crippen MR) is 163 cm³/mol. The zero-order valence-corrected chi connectivity index (χ0v) is 23.8. The number of H-pyrrole nitrogens is 1. The first-order valence-electron chi connectivity index (χ1n) is 14.2. The van der Waals surface area contributed by atoms with E-state index in [1.54, 1.807) is 18.2 Å². The van der Waals surface area contributed by atoms with E-state index in [4.69, 9.17) is 9.73 Å². The first-order valence-corrected chi connectivity index (χ1v) is 14.2. The summed E-state index contributed by atoms with van der Waals surface area (Å²) in [6, 6.07) is 20.7. The largest absolute Gasteiger partial charge is 0.494 e. The van der Waals surface area contributed by atoms with Crippen LogP contribution in [0.25, 0.3) is 10.9 Å². The lowest BCUT2D eigenvalue weighted by Gasteiger charge is -2.22. The van der Waals surface area contributed by atoms with E-state index in [0.29, 0.717) is 35.3 Å². The lowest BCUT2D eigenvalue weighted by molar-refractivity contribution is -0.118. The first-order chi connectivity index (χ1) is 19.9. The highest BCUT2D eigenvalue weighted by molar-refractivity contribution is 6.22. The van der Waals surface area contributed by atoms with Crippen molar-refractivity contribution in [2.24, 2.45) is 4.99 Å². The van der Waals surface area contributed by atoms with Crippen molar-refractivity contribution in [3.63, 3.8) is 0 Å². The molecular weight excluding hydrogens is 516 g/mol. The van der Waals surface area contributed by atoms with Gasteiger partial charge in [0.25, 0.3) is 0 Å². The highest BCUT2D eigenvalue weighted by atomic mass is 16.5. The van der Waals surface area contributed by atoms with Crippen LogP contribution in [0.1, 0.15) is 53.7 Å². The lowest BCUT2D eigenvalue weighted by Crippen LogP contribution is -2.33. The summed E-state index contributed by atoms with van der Waals surface area (Å²) >= 11 is 0. The van der Waals surface area contributed by atoms with Crippen LogP contribution in [-0.4, -0.2) is 65.9 Å². The van der Waals surface area contributed by atoms with Crippen LogP contribution in [0.3, 0.4) is 0 Å². The van der Waals surface area contributed by atoms with Crippen molar-refractivity contribution in [1.82, 2.24) is 9.88 Å². The third-order valence-corrected chi connectivity index (χ3v) is 7.61. The van der Waals surface area contributed by atoms with Crippen LogP contribution in [-0.2, 0) is 16.0 Å². The van der Waals surface area contributed by atoms with Crippen LogP contribution in [0.15, 0.2) is 71.7 Å². The molecule has 212 valence electrons. The number of hydrogen-bond donors (Lipinski definition) is 2. The predicted octanol–water partition coefficient (Wildman–Crippen LogP) is 5.84. The number of nitrogens with one attached hydrogen (secondary N) is 1. The molecule has 41 heavy (non-hydrogen) atoms. The van der Waals surface area contributed by atoms with Crippen LogP contribution >= 0.6 is 0 Å². The van der Waals surface area contributed by atoms with E-state index >= 15 is 0 Å². The van der Waals surface area contributed by atoms with Gasteiger partial charge in [0.1, 0.15) is 0 Å². The molecule has 8 nitrogen and oxygen atoms in total. The SMILES string of the molecule is CCCN(CC)CCC(=O)N1CCc2cc(N=C(c3ccccc3)c3c(O)[nH]c4cc(C(=O)OC)ccc34)ccc21. The second kappa shape index (κ2) is 12.4. The van der Waals surface area contributed by atoms with Gasteiger partial charge in [-0.25, -0.2) is 9.79 Å². The summed E-state index contributed by atoms with van der Waals surface area (Å²) in [5, 5.41) is 11.8. The third kappa shape index (κ3) is 5.88. The Morgan fingerprint density at radius 3 is 2.56 bits per heavy atom. The summed E-state index contributed by atoms with van der Waals surface area (Å²) in [5.74, 6) is -0.338. The molecule has 1 aliphatic heterocycles. The van der Waals surface area contributed by atoms with E-state index in [9.17, 15) is 14.7 Å².